The van der Waals surface area contributed by atoms with E-state index >= 15 is 0 Å². The van der Waals surface area contributed by atoms with Crippen molar-refractivity contribution in [2.24, 2.45) is 5.73 Å². The molecule has 19 heavy (non-hydrogen) atoms. The Morgan fingerprint density at radius 1 is 1.16 bits per heavy atom. The lowest BCUT2D eigenvalue weighted by Crippen LogP contribution is -2.03. The van der Waals surface area contributed by atoms with Crippen LogP contribution in [0.1, 0.15) is 18.1 Å². The molecule has 0 spiro atoms. The highest BCUT2D eigenvalue weighted by atomic mass is 16.5. The molecule has 2 aromatic rings. The van der Waals surface area contributed by atoms with E-state index in [1.807, 2.05) is 19.1 Å². The van der Waals surface area contributed by atoms with Crippen molar-refractivity contribution in [2.75, 3.05) is 11.9 Å². The van der Waals surface area contributed by atoms with E-state index in [2.05, 4.69) is 27.4 Å². The topological polar surface area (TPSA) is 73.1 Å². The summed E-state index contributed by atoms with van der Waals surface area (Å²) in [6.45, 7) is 3.79. The van der Waals surface area contributed by atoms with Crippen LogP contribution in [-0.2, 0) is 13.1 Å². The first-order valence-corrected chi connectivity index (χ1v) is 6.28. The van der Waals surface area contributed by atoms with Gasteiger partial charge in [-0.05, 0) is 18.1 Å². The van der Waals surface area contributed by atoms with Gasteiger partial charge in [-0.3, -0.25) is 0 Å². The van der Waals surface area contributed by atoms with Crippen molar-refractivity contribution in [3.05, 3.63) is 47.8 Å². The summed E-state index contributed by atoms with van der Waals surface area (Å²) in [6.07, 6.45) is 1.49. The molecule has 0 atom stereocenters. The molecule has 0 saturated heterocycles. The van der Waals surface area contributed by atoms with Gasteiger partial charge in [0.1, 0.15) is 12.1 Å². The van der Waals surface area contributed by atoms with Crippen molar-refractivity contribution in [2.45, 2.75) is 20.0 Å². The quantitative estimate of drug-likeness (QED) is 0.828. The average molecular weight is 258 g/mol. The molecule has 0 fully saturated rings. The van der Waals surface area contributed by atoms with Gasteiger partial charge in [0.15, 0.2) is 0 Å². The molecule has 1 aromatic heterocycles. The third kappa shape index (κ3) is 3.93. The number of hydrogen-bond acceptors (Lipinski definition) is 5. The maximum atomic E-state index is 5.56. The van der Waals surface area contributed by atoms with Crippen molar-refractivity contribution in [1.82, 2.24) is 9.97 Å². The minimum Gasteiger partial charge on any atom is -0.478 e. The predicted octanol–water partition coefficient (Wildman–Crippen LogP) is 1.95. The molecule has 0 saturated carbocycles. The third-order valence-corrected chi connectivity index (χ3v) is 2.67. The van der Waals surface area contributed by atoms with E-state index in [0.29, 0.717) is 25.6 Å². The Balaban J connectivity index is 1.95. The summed E-state index contributed by atoms with van der Waals surface area (Å²) >= 11 is 0. The monoisotopic (exact) mass is 258 g/mol. The summed E-state index contributed by atoms with van der Waals surface area (Å²) in [5.41, 5.74) is 7.87. The molecule has 100 valence electrons. The number of benzene rings is 1. The maximum absolute atomic E-state index is 5.56. The Bertz CT molecular complexity index is 513. The van der Waals surface area contributed by atoms with Crippen molar-refractivity contribution in [1.29, 1.82) is 0 Å². The highest BCUT2D eigenvalue weighted by Gasteiger charge is 1.99. The molecular formula is C14H18N4O. The molecule has 2 rings (SSSR count). The van der Waals surface area contributed by atoms with Crippen molar-refractivity contribution >= 4 is 5.82 Å². The molecule has 0 bridgehead atoms. The van der Waals surface area contributed by atoms with Crippen LogP contribution < -0.4 is 15.8 Å². The predicted molar refractivity (Wildman–Crippen MR) is 74.9 cm³/mol. The van der Waals surface area contributed by atoms with Crippen LogP contribution in [0.2, 0.25) is 0 Å². The number of nitrogens with two attached hydrogens (primary N) is 1. The van der Waals surface area contributed by atoms with Crippen LogP contribution in [0.25, 0.3) is 0 Å². The zero-order chi connectivity index (χ0) is 13.5. The van der Waals surface area contributed by atoms with E-state index in [1.165, 1.54) is 11.9 Å². The number of hydrogen-bond donors (Lipinski definition) is 2. The molecule has 0 amide bonds. The summed E-state index contributed by atoms with van der Waals surface area (Å²) in [7, 11) is 0. The third-order valence-electron chi connectivity index (χ3n) is 2.67. The second-order valence-electron chi connectivity index (χ2n) is 4.05. The molecule has 1 heterocycles. The van der Waals surface area contributed by atoms with E-state index < -0.39 is 0 Å². The molecule has 1 aromatic carbocycles. The number of nitrogens with zero attached hydrogens (tertiary/aromatic N) is 2. The van der Waals surface area contributed by atoms with E-state index in [-0.39, 0.29) is 0 Å². The number of ether oxygens (including phenoxy) is 1. The molecule has 0 aliphatic rings. The van der Waals surface area contributed by atoms with Gasteiger partial charge < -0.3 is 15.8 Å². The SMILES string of the molecule is CCOc1cc(NCc2ccc(CN)cc2)ncn1. The van der Waals surface area contributed by atoms with Crippen LogP contribution in [0.15, 0.2) is 36.7 Å². The van der Waals surface area contributed by atoms with Gasteiger partial charge in [0.25, 0.3) is 0 Å². The van der Waals surface area contributed by atoms with Crippen LogP contribution in [-0.4, -0.2) is 16.6 Å². The van der Waals surface area contributed by atoms with Gasteiger partial charge in [0, 0.05) is 19.2 Å². The lowest BCUT2D eigenvalue weighted by Gasteiger charge is -2.07. The van der Waals surface area contributed by atoms with E-state index in [0.717, 1.165) is 11.4 Å². The second-order valence-corrected chi connectivity index (χ2v) is 4.05. The van der Waals surface area contributed by atoms with Crippen LogP contribution in [0, 0.1) is 0 Å². The molecule has 0 unspecified atom stereocenters. The van der Waals surface area contributed by atoms with Crippen LogP contribution >= 0.6 is 0 Å². The molecule has 0 aliphatic heterocycles. The number of rotatable bonds is 6. The molecule has 5 heteroatoms. The largest absolute Gasteiger partial charge is 0.478 e. The molecule has 0 aliphatic carbocycles. The van der Waals surface area contributed by atoms with Crippen LogP contribution in [0.5, 0.6) is 5.88 Å². The van der Waals surface area contributed by atoms with Crippen molar-refractivity contribution in [3.8, 4) is 5.88 Å². The number of anilines is 1. The maximum Gasteiger partial charge on any atom is 0.218 e. The fourth-order valence-corrected chi connectivity index (χ4v) is 1.65. The summed E-state index contributed by atoms with van der Waals surface area (Å²) in [5, 5.41) is 3.23. The Labute approximate surface area is 112 Å². The zero-order valence-corrected chi connectivity index (χ0v) is 11.0. The summed E-state index contributed by atoms with van der Waals surface area (Å²) in [5.74, 6) is 1.33. The Morgan fingerprint density at radius 2 is 1.89 bits per heavy atom. The van der Waals surface area contributed by atoms with Gasteiger partial charge in [0.2, 0.25) is 5.88 Å². The van der Waals surface area contributed by atoms with Gasteiger partial charge in [-0.1, -0.05) is 24.3 Å². The van der Waals surface area contributed by atoms with Gasteiger partial charge in [-0.2, -0.15) is 0 Å². The molecule has 3 N–H and O–H groups in total. The Morgan fingerprint density at radius 3 is 2.58 bits per heavy atom. The van der Waals surface area contributed by atoms with Gasteiger partial charge in [0.05, 0.1) is 6.61 Å². The summed E-state index contributed by atoms with van der Waals surface area (Å²) in [6, 6.07) is 9.96. The molecule has 0 radical (unpaired) electrons. The molecular weight excluding hydrogens is 240 g/mol. The number of nitrogens with one attached hydrogen (secondary N) is 1. The smallest absolute Gasteiger partial charge is 0.218 e. The molecule has 5 nitrogen and oxygen atoms in total. The van der Waals surface area contributed by atoms with Crippen LogP contribution in [0.4, 0.5) is 5.82 Å². The standard InChI is InChI=1S/C14H18N4O/c1-2-19-14-7-13(17-10-18-14)16-9-12-5-3-11(8-15)4-6-12/h3-7,10H,2,8-9,15H2,1H3,(H,16,17,18). The van der Waals surface area contributed by atoms with Gasteiger partial charge in [-0.15, -0.1) is 0 Å². The first-order chi connectivity index (χ1) is 9.31. The number of aromatic nitrogens is 2. The minimum absolute atomic E-state index is 0.567. The lowest BCUT2D eigenvalue weighted by molar-refractivity contribution is 0.326. The van der Waals surface area contributed by atoms with E-state index in [9.17, 15) is 0 Å². The Kier molecular flexibility index (Phi) is 4.69. The highest BCUT2D eigenvalue weighted by Crippen LogP contribution is 2.12. The van der Waals surface area contributed by atoms with Crippen molar-refractivity contribution in [3.63, 3.8) is 0 Å². The van der Waals surface area contributed by atoms with Gasteiger partial charge >= 0.3 is 0 Å². The van der Waals surface area contributed by atoms with E-state index in [4.69, 9.17) is 10.5 Å². The van der Waals surface area contributed by atoms with Crippen LogP contribution in [0.3, 0.4) is 0 Å². The zero-order valence-electron chi connectivity index (χ0n) is 11.0. The average Bonchev–Trinajstić information content (AvgIpc) is 2.46. The first kappa shape index (κ1) is 13.3. The second kappa shape index (κ2) is 6.70. The fraction of sp³-hybridized carbons (Fsp3) is 0.286. The van der Waals surface area contributed by atoms with E-state index in [1.54, 1.807) is 6.07 Å². The van der Waals surface area contributed by atoms with Crippen molar-refractivity contribution < 1.29 is 4.74 Å². The van der Waals surface area contributed by atoms with Gasteiger partial charge in [-0.25, -0.2) is 9.97 Å². The first-order valence-electron chi connectivity index (χ1n) is 6.28. The normalized spacial score (nSPS) is 10.2. The minimum atomic E-state index is 0.567. The summed E-state index contributed by atoms with van der Waals surface area (Å²) < 4.78 is 5.32. The fourth-order valence-electron chi connectivity index (χ4n) is 1.65. The highest BCUT2D eigenvalue weighted by molar-refractivity contribution is 5.38. The Hall–Kier alpha value is -2.14. The summed E-state index contributed by atoms with van der Waals surface area (Å²) in [4.78, 5) is 8.17. The lowest BCUT2D eigenvalue weighted by atomic mass is 10.1.